The summed E-state index contributed by atoms with van der Waals surface area (Å²) in [7, 11) is 1.22. The minimum Gasteiger partial charge on any atom is -0.465 e. The molecule has 0 saturated heterocycles. The van der Waals surface area contributed by atoms with E-state index in [1.807, 2.05) is 0 Å². The minimum absolute atomic E-state index is 0.119. The van der Waals surface area contributed by atoms with Gasteiger partial charge in [0.05, 0.1) is 12.7 Å². The summed E-state index contributed by atoms with van der Waals surface area (Å²) in [6.45, 7) is 3.47. The second kappa shape index (κ2) is 5.25. The van der Waals surface area contributed by atoms with Crippen LogP contribution in [0.5, 0.6) is 0 Å². The number of rotatable bonds is 4. The molecule has 1 rings (SSSR count). The molecule has 0 atom stereocenters. The minimum atomic E-state index is -2.92. The van der Waals surface area contributed by atoms with Crippen molar-refractivity contribution in [2.75, 3.05) is 7.11 Å². The lowest BCUT2D eigenvalue weighted by molar-refractivity contribution is -0.0249. The molecule has 0 aliphatic carbocycles. The SMILES string of the molecule is COC(=O)c1cccc(C(F)(F)CC(C)C)c1. The number of carbonyl (C=O) groups is 1. The van der Waals surface area contributed by atoms with Gasteiger partial charge in [0.2, 0.25) is 0 Å². The number of halogens is 2. The Balaban J connectivity index is 3.02. The molecule has 0 N–H and O–H groups in total. The lowest BCUT2D eigenvalue weighted by atomic mass is 9.97. The maximum absolute atomic E-state index is 13.8. The summed E-state index contributed by atoms with van der Waals surface area (Å²) in [5.41, 5.74) is 0.00234. The summed E-state index contributed by atoms with van der Waals surface area (Å²) < 4.78 is 32.1. The molecule has 2 nitrogen and oxygen atoms in total. The fourth-order valence-corrected chi connectivity index (χ4v) is 1.62. The van der Waals surface area contributed by atoms with Gasteiger partial charge in [0.25, 0.3) is 5.92 Å². The van der Waals surface area contributed by atoms with Crippen LogP contribution in [0.1, 0.15) is 36.2 Å². The van der Waals surface area contributed by atoms with E-state index in [0.717, 1.165) is 0 Å². The van der Waals surface area contributed by atoms with E-state index >= 15 is 0 Å². The van der Waals surface area contributed by atoms with Gasteiger partial charge in [-0.15, -0.1) is 0 Å². The molecule has 17 heavy (non-hydrogen) atoms. The number of esters is 1. The molecule has 0 aromatic heterocycles. The predicted molar refractivity (Wildman–Crippen MR) is 61.1 cm³/mol. The van der Waals surface area contributed by atoms with Crippen molar-refractivity contribution in [3.05, 3.63) is 35.4 Å². The lowest BCUT2D eigenvalue weighted by Gasteiger charge is -2.19. The van der Waals surface area contributed by atoms with Gasteiger partial charge < -0.3 is 4.74 Å². The van der Waals surface area contributed by atoms with Crippen LogP contribution in [0.25, 0.3) is 0 Å². The van der Waals surface area contributed by atoms with Gasteiger partial charge in [-0.05, 0) is 18.1 Å². The Hall–Kier alpha value is -1.45. The van der Waals surface area contributed by atoms with Gasteiger partial charge in [-0.2, -0.15) is 0 Å². The van der Waals surface area contributed by atoms with E-state index in [-0.39, 0.29) is 23.5 Å². The van der Waals surface area contributed by atoms with Crippen LogP contribution >= 0.6 is 0 Å². The van der Waals surface area contributed by atoms with Crippen LogP contribution in [0.2, 0.25) is 0 Å². The van der Waals surface area contributed by atoms with Crippen molar-refractivity contribution in [3.8, 4) is 0 Å². The summed E-state index contributed by atoms with van der Waals surface area (Å²) in [5, 5.41) is 0. The number of ether oxygens (including phenoxy) is 1. The number of methoxy groups -OCH3 is 1. The third kappa shape index (κ3) is 3.51. The first-order valence-electron chi connectivity index (χ1n) is 5.43. The second-order valence-electron chi connectivity index (χ2n) is 4.37. The van der Waals surface area contributed by atoms with Crippen molar-refractivity contribution < 1.29 is 18.3 Å². The van der Waals surface area contributed by atoms with E-state index in [0.29, 0.717) is 0 Å². The third-order valence-corrected chi connectivity index (χ3v) is 2.37. The van der Waals surface area contributed by atoms with Crippen molar-refractivity contribution in [2.24, 2.45) is 5.92 Å². The molecule has 0 heterocycles. The van der Waals surface area contributed by atoms with Crippen LogP contribution in [-0.4, -0.2) is 13.1 Å². The fourth-order valence-electron chi connectivity index (χ4n) is 1.62. The van der Waals surface area contributed by atoms with Gasteiger partial charge in [-0.1, -0.05) is 26.0 Å². The molecule has 0 radical (unpaired) electrons. The Morgan fingerprint density at radius 1 is 1.41 bits per heavy atom. The van der Waals surface area contributed by atoms with Gasteiger partial charge in [0.1, 0.15) is 0 Å². The molecule has 0 unspecified atom stereocenters. The zero-order chi connectivity index (χ0) is 13.1. The highest BCUT2D eigenvalue weighted by Crippen LogP contribution is 2.34. The Bertz CT molecular complexity index is 400. The zero-order valence-electron chi connectivity index (χ0n) is 10.2. The highest BCUT2D eigenvalue weighted by Gasteiger charge is 2.32. The average molecular weight is 242 g/mol. The molecule has 0 bridgehead atoms. The number of hydrogen-bond acceptors (Lipinski definition) is 2. The van der Waals surface area contributed by atoms with Crippen molar-refractivity contribution in [1.29, 1.82) is 0 Å². The highest BCUT2D eigenvalue weighted by molar-refractivity contribution is 5.89. The van der Waals surface area contributed by atoms with E-state index in [9.17, 15) is 13.6 Å². The summed E-state index contributed by atoms with van der Waals surface area (Å²) >= 11 is 0. The summed E-state index contributed by atoms with van der Waals surface area (Å²) in [4.78, 5) is 11.2. The van der Waals surface area contributed by atoms with Crippen LogP contribution in [-0.2, 0) is 10.7 Å². The molecule has 1 aromatic rings. The maximum atomic E-state index is 13.8. The molecule has 1 aromatic carbocycles. The van der Waals surface area contributed by atoms with Gasteiger partial charge in [0, 0.05) is 12.0 Å². The number of benzene rings is 1. The summed E-state index contributed by atoms with van der Waals surface area (Å²) in [6.07, 6.45) is -0.238. The maximum Gasteiger partial charge on any atom is 0.337 e. The normalized spacial score (nSPS) is 11.6. The monoisotopic (exact) mass is 242 g/mol. The topological polar surface area (TPSA) is 26.3 Å². The highest BCUT2D eigenvalue weighted by atomic mass is 19.3. The molecule has 0 spiro atoms. The molecule has 4 heteroatoms. The van der Waals surface area contributed by atoms with Crippen molar-refractivity contribution in [3.63, 3.8) is 0 Å². The van der Waals surface area contributed by atoms with Crippen LogP contribution in [0, 0.1) is 5.92 Å². The Morgan fingerprint density at radius 3 is 2.59 bits per heavy atom. The first kappa shape index (κ1) is 13.6. The predicted octanol–water partition coefficient (Wildman–Crippen LogP) is 3.61. The van der Waals surface area contributed by atoms with E-state index in [1.54, 1.807) is 13.8 Å². The van der Waals surface area contributed by atoms with Crippen LogP contribution in [0.15, 0.2) is 24.3 Å². The average Bonchev–Trinajstić information content (AvgIpc) is 2.26. The van der Waals surface area contributed by atoms with Gasteiger partial charge in [-0.25, -0.2) is 13.6 Å². The van der Waals surface area contributed by atoms with E-state index < -0.39 is 11.9 Å². The molecule has 94 valence electrons. The smallest absolute Gasteiger partial charge is 0.337 e. The molecular weight excluding hydrogens is 226 g/mol. The fraction of sp³-hybridized carbons (Fsp3) is 0.462. The van der Waals surface area contributed by atoms with Crippen molar-refractivity contribution >= 4 is 5.97 Å². The molecule has 0 aliphatic rings. The number of hydrogen-bond donors (Lipinski definition) is 0. The first-order valence-corrected chi connectivity index (χ1v) is 5.43. The second-order valence-corrected chi connectivity index (χ2v) is 4.37. The third-order valence-electron chi connectivity index (χ3n) is 2.37. The van der Waals surface area contributed by atoms with Crippen LogP contribution in [0.4, 0.5) is 8.78 Å². The van der Waals surface area contributed by atoms with E-state index in [4.69, 9.17) is 0 Å². The molecular formula is C13H16F2O2. The Kier molecular flexibility index (Phi) is 4.21. The Morgan fingerprint density at radius 2 is 2.06 bits per heavy atom. The molecule has 0 saturated carbocycles. The number of alkyl halides is 2. The quantitative estimate of drug-likeness (QED) is 0.754. The van der Waals surface area contributed by atoms with Crippen molar-refractivity contribution in [1.82, 2.24) is 0 Å². The van der Waals surface area contributed by atoms with Crippen molar-refractivity contribution in [2.45, 2.75) is 26.2 Å². The van der Waals surface area contributed by atoms with Gasteiger partial charge in [-0.3, -0.25) is 0 Å². The molecule has 0 fully saturated rings. The zero-order valence-corrected chi connectivity index (χ0v) is 10.2. The molecule has 0 aliphatic heterocycles. The van der Waals surface area contributed by atoms with Crippen LogP contribution in [0.3, 0.4) is 0 Å². The first-order chi connectivity index (χ1) is 7.86. The number of carbonyl (C=O) groups excluding carboxylic acids is 1. The van der Waals surface area contributed by atoms with Gasteiger partial charge >= 0.3 is 5.97 Å². The van der Waals surface area contributed by atoms with Crippen LogP contribution < -0.4 is 0 Å². The lowest BCUT2D eigenvalue weighted by Crippen LogP contribution is -2.17. The summed E-state index contributed by atoms with van der Waals surface area (Å²) in [6, 6.07) is 5.42. The Labute approximate surface area is 99.6 Å². The standard InChI is InChI=1S/C13H16F2O2/c1-9(2)8-13(14,15)11-6-4-5-10(7-11)12(16)17-3/h4-7,9H,8H2,1-3H3. The summed E-state index contributed by atoms with van der Waals surface area (Å²) in [5.74, 6) is -3.64. The van der Waals surface area contributed by atoms with E-state index in [2.05, 4.69) is 4.74 Å². The largest absolute Gasteiger partial charge is 0.465 e. The molecule has 0 amide bonds. The van der Waals surface area contributed by atoms with E-state index in [1.165, 1.54) is 31.4 Å². The van der Waals surface area contributed by atoms with Gasteiger partial charge in [0.15, 0.2) is 0 Å².